The van der Waals surface area contributed by atoms with Gasteiger partial charge in [-0.25, -0.2) is 19.7 Å². The second-order valence-electron chi connectivity index (χ2n) is 8.97. The van der Waals surface area contributed by atoms with E-state index in [2.05, 4.69) is 15.0 Å². The summed E-state index contributed by atoms with van der Waals surface area (Å²) in [5, 5.41) is 0. The first kappa shape index (κ1) is 25.2. The number of ether oxygens (including phenoxy) is 1. The summed E-state index contributed by atoms with van der Waals surface area (Å²) in [6, 6.07) is 15.4. The molecule has 1 saturated heterocycles. The van der Waals surface area contributed by atoms with E-state index in [4.69, 9.17) is 15.5 Å². The van der Waals surface area contributed by atoms with Gasteiger partial charge in [0, 0.05) is 18.3 Å². The predicted molar refractivity (Wildman–Crippen MR) is 134 cm³/mol. The number of anilines is 1. The summed E-state index contributed by atoms with van der Waals surface area (Å²) in [4.78, 5) is 30.8. The maximum Gasteiger partial charge on any atom is 0.416 e. The minimum absolute atomic E-state index is 0.0115. The normalized spacial score (nSPS) is 15.9. The Morgan fingerprint density at radius 3 is 2.66 bits per heavy atom. The topological polar surface area (TPSA) is 110 Å². The van der Waals surface area contributed by atoms with Crippen LogP contribution in [0, 0.1) is 0 Å². The number of H-pyrrole nitrogens is 1. The largest absolute Gasteiger partial charge is 0.445 e. The maximum atomic E-state index is 13.5. The minimum atomic E-state index is -4.52. The first-order valence-electron chi connectivity index (χ1n) is 12.1. The number of aromatic nitrogens is 4. The lowest BCUT2D eigenvalue weighted by atomic mass is 10.0. The Hall–Kier alpha value is -4.41. The molecule has 1 amide bonds. The first-order chi connectivity index (χ1) is 18.3. The van der Waals surface area contributed by atoms with Crippen LogP contribution in [0.15, 0.2) is 66.9 Å². The summed E-state index contributed by atoms with van der Waals surface area (Å²) < 4.78 is 46.0. The number of halogens is 3. The van der Waals surface area contributed by atoms with Crippen LogP contribution < -0.4 is 5.73 Å². The lowest BCUT2D eigenvalue weighted by Crippen LogP contribution is -2.39. The van der Waals surface area contributed by atoms with Crippen molar-refractivity contribution in [2.24, 2.45) is 0 Å². The maximum absolute atomic E-state index is 13.5. The lowest BCUT2D eigenvalue weighted by molar-refractivity contribution is -0.137. The van der Waals surface area contributed by atoms with E-state index in [1.807, 2.05) is 30.3 Å². The van der Waals surface area contributed by atoms with Crippen LogP contribution in [0.3, 0.4) is 0 Å². The lowest BCUT2D eigenvalue weighted by Gasteiger charge is -2.33. The van der Waals surface area contributed by atoms with E-state index < -0.39 is 23.9 Å². The van der Waals surface area contributed by atoms with Gasteiger partial charge in [0.1, 0.15) is 12.4 Å². The number of imidazole rings is 1. The molecule has 38 heavy (non-hydrogen) atoms. The molecule has 1 aliphatic rings. The number of hydrogen-bond acceptors (Lipinski definition) is 6. The molecule has 8 nitrogen and oxygen atoms in total. The Kier molecular flexibility index (Phi) is 6.99. The van der Waals surface area contributed by atoms with E-state index >= 15 is 0 Å². The van der Waals surface area contributed by atoms with Gasteiger partial charge >= 0.3 is 12.3 Å². The van der Waals surface area contributed by atoms with Crippen molar-refractivity contribution in [3.63, 3.8) is 0 Å². The van der Waals surface area contributed by atoms with E-state index in [9.17, 15) is 18.0 Å². The highest BCUT2D eigenvalue weighted by Crippen LogP contribution is 2.38. The Balaban J connectivity index is 1.51. The zero-order valence-electron chi connectivity index (χ0n) is 20.3. The number of piperidine rings is 1. The molecule has 2 aromatic carbocycles. The fraction of sp³-hybridized carbons (Fsp3) is 0.259. The average molecular weight is 523 g/mol. The monoisotopic (exact) mass is 522 g/mol. The molecule has 0 bridgehead atoms. The number of carbonyl (C=O) groups excluding carboxylic acids is 1. The summed E-state index contributed by atoms with van der Waals surface area (Å²) in [6.45, 7) is 0.593. The molecule has 0 saturated carbocycles. The molecule has 196 valence electrons. The van der Waals surface area contributed by atoms with Gasteiger partial charge in [0.2, 0.25) is 5.95 Å². The van der Waals surface area contributed by atoms with Crippen molar-refractivity contribution < 1.29 is 22.7 Å². The third kappa shape index (κ3) is 5.46. The van der Waals surface area contributed by atoms with Gasteiger partial charge < -0.3 is 15.5 Å². The molecule has 0 aliphatic carbocycles. The Bertz CT molecular complexity index is 1420. The van der Waals surface area contributed by atoms with Crippen molar-refractivity contribution >= 4 is 12.0 Å². The second-order valence-corrected chi connectivity index (χ2v) is 8.97. The highest BCUT2D eigenvalue weighted by atomic mass is 19.4. The number of amides is 1. The number of rotatable bonds is 5. The third-order valence-corrected chi connectivity index (χ3v) is 6.37. The highest BCUT2D eigenvalue weighted by molar-refractivity contribution is 5.77. The van der Waals surface area contributed by atoms with Crippen molar-refractivity contribution in [2.75, 3.05) is 12.3 Å². The van der Waals surface area contributed by atoms with Crippen molar-refractivity contribution in [2.45, 2.75) is 38.1 Å². The molecule has 4 aromatic rings. The van der Waals surface area contributed by atoms with Crippen LogP contribution in [0.2, 0.25) is 0 Å². The predicted octanol–water partition coefficient (Wildman–Crippen LogP) is 6.00. The molecule has 1 fully saturated rings. The molecule has 0 spiro atoms. The number of alkyl halides is 3. The number of likely N-dealkylation sites (tertiary alicyclic amines) is 1. The first-order valence-corrected chi connectivity index (χ1v) is 12.1. The molecule has 2 aromatic heterocycles. The fourth-order valence-corrected chi connectivity index (χ4v) is 4.54. The van der Waals surface area contributed by atoms with Crippen molar-refractivity contribution in [3.8, 4) is 22.6 Å². The molecule has 1 unspecified atom stereocenters. The van der Waals surface area contributed by atoms with Gasteiger partial charge in [0.25, 0.3) is 0 Å². The number of hydrogen-bond donors (Lipinski definition) is 2. The number of nitrogens with zero attached hydrogens (tertiary/aromatic N) is 4. The zero-order chi connectivity index (χ0) is 26.7. The number of carbonyl (C=O) groups is 1. The summed E-state index contributed by atoms with van der Waals surface area (Å²) in [5.74, 6) is 0.443. The summed E-state index contributed by atoms with van der Waals surface area (Å²) in [6.07, 6.45) is -1.28. The van der Waals surface area contributed by atoms with E-state index in [0.717, 1.165) is 30.5 Å². The minimum Gasteiger partial charge on any atom is -0.445 e. The highest BCUT2D eigenvalue weighted by Gasteiger charge is 2.34. The van der Waals surface area contributed by atoms with Gasteiger partial charge in [0.05, 0.1) is 28.7 Å². The number of benzene rings is 2. The number of nitrogens with one attached hydrogen (secondary N) is 1. The van der Waals surface area contributed by atoms with Gasteiger partial charge in [-0.2, -0.15) is 13.2 Å². The summed E-state index contributed by atoms with van der Waals surface area (Å²) in [5.41, 5.74) is 7.14. The van der Waals surface area contributed by atoms with Crippen LogP contribution in [-0.2, 0) is 17.5 Å². The van der Waals surface area contributed by atoms with Crippen LogP contribution in [0.4, 0.5) is 23.9 Å². The molecule has 5 rings (SSSR count). The van der Waals surface area contributed by atoms with Crippen LogP contribution in [0.5, 0.6) is 0 Å². The van der Waals surface area contributed by atoms with Gasteiger partial charge in [-0.3, -0.25) is 4.90 Å². The van der Waals surface area contributed by atoms with Gasteiger partial charge in [-0.1, -0.05) is 42.5 Å². The summed E-state index contributed by atoms with van der Waals surface area (Å²) >= 11 is 0. The molecule has 1 aliphatic heterocycles. The number of aromatic amines is 1. The zero-order valence-corrected chi connectivity index (χ0v) is 20.3. The van der Waals surface area contributed by atoms with E-state index in [1.54, 1.807) is 17.0 Å². The number of nitrogen functional groups attached to an aromatic ring is 1. The van der Waals surface area contributed by atoms with Crippen LogP contribution in [-0.4, -0.2) is 37.5 Å². The molecule has 11 heteroatoms. The molecular formula is C27H25F3N6O2. The van der Waals surface area contributed by atoms with E-state index in [-0.39, 0.29) is 23.8 Å². The van der Waals surface area contributed by atoms with E-state index in [1.165, 1.54) is 12.3 Å². The molecule has 3 N–H and O–H groups in total. The van der Waals surface area contributed by atoms with Gasteiger partial charge in [-0.15, -0.1) is 0 Å². The van der Waals surface area contributed by atoms with Gasteiger partial charge in [-0.05, 0) is 43.0 Å². The number of nitrogens with two attached hydrogens (primary N) is 1. The summed E-state index contributed by atoms with van der Waals surface area (Å²) in [7, 11) is 0. The fourth-order valence-electron chi connectivity index (χ4n) is 4.54. The molecular weight excluding hydrogens is 497 g/mol. The van der Waals surface area contributed by atoms with Crippen molar-refractivity contribution in [1.82, 2.24) is 24.8 Å². The van der Waals surface area contributed by atoms with Crippen LogP contribution >= 0.6 is 0 Å². The van der Waals surface area contributed by atoms with E-state index in [0.29, 0.717) is 30.2 Å². The third-order valence-electron chi connectivity index (χ3n) is 6.37. The second kappa shape index (κ2) is 10.5. The Morgan fingerprint density at radius 2 is 1.89 bits per heavy atom. The standard InChI is InChI=1S/C27H25F3N6O2/c28-27(29,30)19-10-6-9-18(15-19)22-23(20-12-13-32-25(31)33-20)35-24(34-22)21-11-4-5-14-36(21)26(37)38-16-17-7-2-1-3-8-17/h1-3,6-10,12-13,15,21H,4-5,11,14,16H2,(H,34,35)(H2,31,32,33). The Morgan fingerprint density at radius 1 is 1.08 bits per heavy atom. The Labute approximate surface area is 216 Å². The molecule has 3 heterocycles. The van der Waals surface area contributed by atoms with Crippen LogP contribution in [0.25, 0.3) is 22.6 Å². The average Bonchev–Trinajstić information content (AvgIpc) is 3.37. The van der Waals surface area contributed by atoms with Crippen molar-refractivity contribution in [1.29, 1.82) is 0 Å². The van der Waals surface area contributed by atoms with Crippen molar-refractivity contribution in [3.05, 3.63) is 83.8 Å². The quantitative estimate of drug-likeness (QED) is 0.333. The van der Waals surface area contributed by atoms with Crippen LogP contribution in [0.1, 0.15) is 42.3 Å². The smallest absolute Gasteiger partial charge is 0.416 e. The molecule has 0 radical (unpaired) electrons. The van der Waals surface area contributed by atoms with Gasteiger partial charge in [0.15, 0.2) is 0 Å². The SMILES string of the molecule is Nc1nccc(-c2[nH]c(C3CCCCN3C(=O)OCc3ccccc3)nc2-c2cccc(C(F)(F)F)c2)n1. The molecule has 1 atom stereocenters.